The summed E-state index contributed by atoms with van der Waals surface area (Å²) in [6.07, 6.45) is 5.40. The van der Waals surface area contributed by atoms with Gasteiger partial charge in [0.05, 0.1) is 0 Å². The lowest BCUT2D eigenvalue weighted by Crippen LogP contribution is -2.38. The molecule has 86 valence electrons. The van der Waals surface area contributed by atoms with E-state index in [1.165, 1.54) is 19.3 Å². The Labute approximate surface area is 101 Å². The fourth-order valence-electron chi connectivity index (χ4n) is 2.02. The SMILES string of the molecule is CC1CCCCN1c1nccc(C(N)=S)n1. The number of thiocarbonyl (C=S) groups is 1. The van der Waals surface area contributed by atoms with Crippen molar-refractivity contribution in [3.05, 3.63) is 18.0 Å². The van der Waals surface area contributed by atoms with Gasteiger partial charge in [0.15, 0.2) is 0 Å². The molecule has 1 aliphatic rings. The van der Waals surface area contributed by atoms with Crippen LogP contribution in [-0.4, -0.2) is 27.5 Å². The van der Waals surface area contributed by atoms with Gasteiger partial charge in [0.1, 0.15) is 10.7 Å². The number of anilines is 1. The second-order valence-electron chi connectivity index (χ2n) is 4.14. The fourth-order valence-corrected chi connectivity index (χ4v) is 2.13. The van der Waals surface area contributed by atoms with Crippen molar-refractivity contribution < 1.29 is 0 Å². The third-order valence-corrected chi connectivity index (χ3v) is 3.16. The van der Waals surface area contributed by atoms with Crippen molar-refractivity contribution in [1.82, 2.24) is 9.97 Å². The minimum atomic E-state index is 0.327. The first kappa shape index (κ1) is 11.3. The van der Waals surface area contributed by atoms with Gasteiger partial charge in [-0.1, -0.05) is 12.2 Å². The Morgan fingerprint density at radius 3 is 3.06 bits per heavy atom. The van der Waals surface area contributed by atoms with E-state index in [1.807, 2.05) is 0 Å². The molecule has 0 radical (unpaired) electrons. The summed E-state index contributed by atoms with van der Waals surface area (Å²) in [4.78, 5) is 11.2. The topological polar surface area (TPSA) is 55.0 Å². The van der Waals surface area contributed by atoms with Gasteiger partial charge in [0, 0.05) is 18.8 Å². The van der Waals surface area contributed by atoms with E-state index in [2.05, 4.69) is 21.8 Å². The number of rotatable bonds is 2. The van der Waals surface area contributed by atoms with Gasteiger partial charge in [-0.3, -0.25) is 0 Å². The smallest absolute Gasteiger partial charge is 0.226 e. The minimum absolute atomic E-state index is 0.327. The molecular formula is C11H16N4S. The Balaban J connectivity index is 2.25. The molecule has 0 spiro atoms. The predicted octanol–water partition coefficient (Wildman–Crippen LogP) is 1.49. The van der Waals surface area contributed by atoms with Crippen LogP contribution in [0.2, 0.25) is 0 Å². The molecule has 2 N–H and O–H groups in total. The van der Waals surface area contributed by atoms with Crippen molar-refractivity contribution in [2.24, 2.45) is 5.73 Å². The highest BCUT2D eigenvalue weighted by Gasteiger charge is 2.20. The molecule has 4 nitrogen and oxygen atoms in total. The lowest BCUT2D eigenvalue weighted by molar-refractivity contribution is 0.477. The molecule has 1 aromatic heterocycles. The van der Waals surface area contributed by atoms with E-state index >= 15 is 0 Å². The van der Waals surface area contributed by atoms with E-state index in [-0.39, 0.29) is 0 Å². The van der Waals surface area contributed by atoms with Crippen molar-refractivity contribution in [2.45, 2.75) is 32.2 Å². The molecule has 2 rings (SSSR count). The lowest BCUT2D eigenvalue weighted by Gasteiger charge is -2.33. The summed E-state index contributed by atoms with van der Waals surface area (Å²) in [7, 11) is 0. The van der Waals surface area contributed by atoms with E-state index in [9.17, 15) is 0 Å². The Morgan fingerprint density at radius 2 is 2.38 bits per heavy atom. The number of hydrogen-bond donors (Lipinski definition) is 1. The Kier molecular flexibility index (Phi) is 3.33. The van der Waals surface area contributed by atoms with Crippen molar-refractivity contribution in [2.75, 3.05) is 11.4 Å². The molecule has 5 heteroatoms. The van der Waals surface area contributed by atoms with Gasteiger partial charge in [-0.25, -0.2) is 9.97 Å². The maximum Gasteiger partial charge on any atom is 0.226 e. The highest BCUT2D eigenvalue weighted by atomic mass is 32.1. The van der Waals surface area contributed by atoms with E-state index in [0.29, 0.717) is 16.7 Å². The summed E-state index contributed by atoms with van der Waals surface area (Å²) in [6, 6.07) is 2.25. The van der Waals surface area contributed by atoms with Gasteiger partial charge in [0.2, 0.25) is 5.95 Å². The van der Waals surface area contributed by atoms with Crippen LogP contribution in [0.15, 0.2) is 12.3 Å². The molecule has 2 heterocycles. The minimum Gasteiger partial charge on any atom is -0.388 e. The van der Waals surface area contributed by atoms with Gasteiger partial charge in [-0.2, -0.15) is 0 Å². The third kappa shape index (κ3) is 2.29. The molecule has 1 aliphatic heterocycles. The molecule has 0 amide bonds. The van der Waals surface area contributed by atoms with Crippen molar-refractivity contribution in [1.29, 1.82) is 0 Å². The van der Waals surface area contributed by atoms with Crippen LogP contribution in [0.25, 0.3) is 0 Å². The van der Waals surface area contributed by atoms with E-state index in [4.69, 9.17) is 18.0 Å². The molecule has 16 heavy (non-hydrogen) atoms. The zero-order valence-electron chi connectivity index (χ0n) is 9.39. The summed E-state index contributed by atoms with van der Waals surface area (Å²) in [5.74, 6) is 0.748. The Morgan fingerprint density at radius 1 is 1.56 bits per heavy atom. The maximum absolute atomic E-state index is 5.57. The lowest BCUT2D eigenvalue weighted by atomic mass is 10.0. The molecule has 1 atom stereocenters. The quantitative estimate of drug-likeness (QED) is 0.788. The molecule has 1 aromatic rings. The van der Waals surface area contributed by atoms with E-state index in [1.54, 1.807) is 12.3 Å². The largest absolute Gasteiger partial charge is 0.388 e. The zero-order valence-corrected chi connectivity index (χ0v) is 10.2. The number of piperidine rings is 1. The number of aromatic nitrogens is 2. The molecule has 1 fully saturated rings. The molecule has 0 aromatic carbocycles. The predicted molar refractivity (Wildman–Crippen MR) is 68.6 cm³/mol. The van der Waals surface area contributed by atoms with Crippen molar-refractivity contribution in [3.8, 4) is 0 Å². The average molecular weight is 236 g/mol. The van der Waals surface area contributed by atoms with Crippen LogP contribution in [0.5, 0.6) is 0 Å². The van der Waals surface area contributed by atoms with Crippen molar-refractivity contribution in [3.63, 3.8) is 0 Å². The second kappa shape index (κ2) is 4.74. The molecular weight excluding hydrogens is 220 g/mol. The van der Waals surface area contributed by atoms with Crippen molar-refractivity contribution >= 4 is 23.2 Å². The third-order valence-electron chi connectivity index (χ3n) is 2.96. The van der Waals surface area contributed by atoms with Crippen LogP contribution in [0.4, 0.5) is 5.95 Å². The average Bonchev–Trinajstić information content (AvgIpc) is 2.30. The molecule has 1 unspecified atom stereocenters. The standard InChI is InChI=1S/C11H16N4S/c1-8-4-2-3-7-15(8)11-13-6-5-9(14-11)10(12)16/h5-6,8H,2-4,7H2,1H3,(H2,12,16). The van der Waals surface area contributed by atoms with Crippen LogP contribution in [0.1, 0.15) is 31.9 Å². The van der Waals surface area contributed by atoms with Crippen LogP contribution in [0, 0.1) is 0 Å². The Hall–Kier alpha value is -1.23. The van der Waals surface area contributed by atoms with Gasteiger partial charge in [0.25, 0.3) is 0 Å². The fraction of sp³-hybridized carbons (Fsp3) is 0.545. The van der Waals surface area contributed by atoms with E-state index < -0.39 is 0 Å². The monoisotopic (exact) mass is 236 g/mol. The number of hydrogen-bond acceptors (Lipinski definition) is 4. The second-order valence-corrected chi connectivity index (χ2v) is 4.58. The van der Waals surface area contributed by atoms with Crippen LogP contribution in [-0.2, 0) is 0 Å². The van der Waals surface area contributed by atoms with E-state index in [0.717, 1.165) is 12.5 Å². The van der Waals surface area contributed by atoms with Crippen LogP contribution >= 0.6 is 12.2 Å². The molecule has 0 bridgehead atoms. The summed E-state index contributed by atoms with van der Waals surface area (Å²) in [5, 5.41) is 0. The number of nitrogens with zero attached hydrogens (tertiary/aromatic N) is 3. The van der Waals surface area contributed by atoms with Gasteiger partial charge in [-0.05, 0) is 32.3 Å². The first-order valence-electron chi connectivity index (χ1n) is 5.58. The normalized spacial score (nSPS) is 20.8. The number of nitrogens with two attached hydrogens (primary N) is 1. The highest BCUT2D eigenvalue weighted by Crippen LogP contribution is 2.21. The van der Waals surface area contributed by atoms with Crippen LogP contribution < -0.4 is 10.6 Å². The summed E-state index contributed by atoms with van der Waals surface area (Å²) in [5.41, 5.74) is 6.22. The summed E-state index contributed by atoms with van der Waals surface area (Å²) < 4.78 is 0. The summed E-state index contributed by atoms with van der Waals surface area (Å²) >= 11 is 4.92. The molecule has 0 aliphatic carbocycles. The molecule has 0 saturated carbocycles. The summed E-state index contributed by atoms with van der Waals surface area (Å²) in [6.45, 7) is 3.22. The molecule has 1 saturated heterocycles. The first-order valence-corrected chi connectivity index (χ1v) is 5.99. The highest BCUT2D eigenvalue weighted by molar-refractivity contribution is 7.80. The maximum atomic E-state index is 5.57. The Bertz CT molecular complexity index is 393. The zero-order chi connectivity index (χ0) is 11.5. The van der Waals surface area contributed by atoms with Gasteiger partial charge in [-0.15, -0.1) is 0 Å². The van der Waals surface area contributed by atoms with Gasteiger partial charge >= 0.3 is 0 Å². The first-order chi connectivity index (χ1) is 7.68. The van der Waals surface area contributed by atoms with Gasteiger partial charge < -0.3 is 10.6 Å². The van der Waals surface area contributed by atoms with Crippen LogP contribution in [0.3, 0.4) is 0 Å².